The van der Waals surface area contributed by atoms with Crippen LogP contribution in [0.1, 0.15) is 15.9 Å². The highest BCUT2D eigenvalue weighted by atomic mass is 35.5. The van der Waals surface area contributed by atoms with Gasteiger partial charge in [-0.2, -0.15) is 5.10 Å². The first kappa shape index (κ1) is 23.4. The summed E-state index contributed by atoms with van der Waals surface area (Å²) in [6, 6.07) is 16.3. The molecular formula is C23H19ClFN5O3S. The number of hydrogen-bond donors (Lipinski definition) is 1. The van der Waals surface area contributed by atoms with E-state index < -0.39 is 21.7 Å². The van der Waals surface area contributed by atoms with Crippen LogP contribution in [0.3, 0.4) is 0 Å². The highest BCUT2D eigenvalue weighted by molar-refractivity contribution is 7.92. The molecule has 1 aromatic heterocycles. The molecule has 0 unspecified atom stereocenters. The molecule has 0 atom stereocenters. The van der Waals surface area contributed by atoms with Gasteiger partial charge >= 0.3 is 0 Å². The lowest BCUT2D eigenvalue weighted by atomic mass is 10.2. The van der Waals surface area contributed by atoms with Gasteiger partial charge < -0.3 is 5.32 Å². The molecule has 0 aliphatic carbocycles. The minimum absolute atomic E-state index is 0.0227. The molecule has 8 nitrogen and oxygen atoms in total. The average Bonchev–Trinajstić information content (AvgIpc) is 3.38. The third-order valence-corrected chi connectivity index (χ3v) is 7.21. The predicted octanol–water partition coefficient (Wildman–Crippen LogP) is 3.81. The average molecular weight is 500 g/mol. The number of carbonyl (C=O) groups excluding carboxylic acids is 1. The molecule has 0 aliphatic rings. The van der Waals surface area contributed by atoms with Gasteiger partial charge in [0.15, 0.2) is 0 Å². The Kier molecular flexibility index (Phi) is 6.62. The fourth-order valence-electron chi connectivity index (χ4n) is 3.17. The summed E-state index contributed by atoms with van der Waals surface area (Å²) >= 11 is 6.19. The fourth-order valence-corrected chi connectivity index (χ4v) is 4.60. The molecule has 0 saturated carbocycles. The number of amides is 1. The maximum Gasteiger partial charge on any atom is 0.264 e. The summed E-state index contributed by atoms with van der Waals surface area (Å²) in [6.45, 7) is 0.208. The quantitative estimate of drug-likeness (QED) is 0.417. The van der Waals surface area contributed by atoms with E-state index in [9.17, 15) is 17.6 Å². The number of halogens is 2. The Balaban J connectivity index is 1.50. The van der Waals surface area contributed by atoms with E-state index in [1.54, 1.807) is 11.0 Å². The van der Waals surface area contributed by atoms with Crippen LogP contribution in [0, 0.1) is 5.82 Å². The number of sulfonamides is 1. The van der Waals surface area contributed by atoms with Gasteiger partial charge in [0.05, 0.1) is 26.9 Å². The summed E-state index contributed by atoms with van der Waals surface area (Å²) in [6.07, 6.45) is 3.01. The Bertz CT molecular complexity index is 1410. The third kappa shape index (κ3) is 4.92. The summed E-state index contributed by atoms with van der Waals surface area (Å²) in [5.74, 6) is -1.00. The number of aromatic nitrogens is 3. The molecular weight excluding hydrogens is 481 g/mol. The summed E-state index contributed by atoms with van der Waals surface area (Å²) in [5.41, 5.74) is 1.94. The lowest BCUT2D eigenvalue weighted by Crippen LogP contribution is -2.27. The van der Waals surface area contributed by atoms with Crippen LogP contribution in [-0.2, 0) is 16.6 Å². The van der Waals surface area contributed by atoms with Gasteiger partial charge in [0.25, 0.3) is 15.9 Å². The van der Waals surface area contributed by atoms with Crippen LogP contribution in [0.2, 0.25) is 5.02 Å². The summed E-state index contributed by atoms with van der Waals surface area (Å²) < 4.78 is 41.9. The molecule has 0 fully saturated rings. The molecule has 1 heterocycles. The van der Waals surface area contributed by atoms with Crippen molar-refractivity contribution in [2.24, 2.45) is 0 Å². The van der Waals surface area contributed by atoms with E-state index in [1.165, 1.54) is 55.8 Å². The van der Waals surface area contributed by atoms with E-state index in [1.807, 2.05) is 24.3 Å². The molecule has 4 aromatic rings. The van der Waals surface area contributed by atoms with Crippen molar-refractivity contribution in [2.75, 3.05) is 11.4 Å². The van der Waals surface area contributed by atoms with Crippen molar-refractivity contribution in [2.45, 2.75) is 11.4 Å². The van der Waals surface area contributed by atoms with Gasteiger partial charge in [-0.3, -0.25) is 9.10 Å². The van der Waals surface area contributed by atoms with Gasteiger partial charge in [0, 0.05) is 13.6 Å². The Hall–Kier alpha value is -3.76. The normalized spacial score (nSPS) is 11.3. The first-order valence-electron chi connectivity index (χ1n) is 10.0. The smallest absolute Gasteiger partial charge is 0.264 e. The zero-order valence-corrected chi connectivity index (χ0v) is 19.5. The second kappa shape index (κ2) is 9.62. The highest BCUT2D eigenvalue weighted by Crippen LogP contribution is 2.26. The topological polar surface area (TPSA) is 97.2 Å². The molecule has 0 saturated heterocycles. The molecule has 0 radical (unpaired) electrons. The number of rotatable bonds is 7. The van der Waals surface area contributed by atoms with Gasteiger partial charge in [-0.25, -0.2) is 22.5 Å². The second-order valence-corrected chi connectivity index (χ2v) is 9.66. The van der Waals surface area contributed by atoms with Crippen LogP contribution < -0.4 is 9.62 Å². The molecule has 34 heavy (non-hydrogen) atoms. The lowest BCUT2D eigenvalue weighted by molar-refractivity contribution is 0.0951. The molecule has 4 rings (SSSR count). The van der Waals surface area contributed by atoms with Crippen LogP contribution in [0.5, 0.6) is 0 Å². The first-order chi connectivity index (χ1) is 16.3. The SMILES string of the molecule is CN(c1ccc(F)cc1)S(=O)(=O)c1ccc(Cl)c(C(=O)NCc2ccc(-n3cncn3)cc2)c1. The maximum atomic E-state index is 13.2. The zero-order valence-electron chi connectivity index (χ0n) is 17.9. The number of nitrogens with one attached hydrogen (secondary N) is 1. The third-order valence-electron chi connectivity index (χ3n) is 5.10. The predicted molar refractivity (Wildman–Crippen MR) is 126 cm³/mol. The molecule has 3 aromatic carbocycles. The molecule has 1 N–H and O–H groups in total. The number of benzene rings is 3. The minimum Gasteiger partial charge on any atom is -0.348 e. The van der Waals surface area contributed by atoms with E-state index in [4.69, 9.17) is 11.6 Å². The molecule has 0 aliphatic heterocycles. The van der Waals surface area contributed by atoms with Gasteiger partial charge in [-0.15, -0.1) is 0 Å². The van der Waals surface area contributed by atoms with E-state index in [2.05, 4.69) is 15.4 Å². The van der Waals surface area contributed by atoms with Crippen molar-refractivity contribution in [1.29, 1.82) is 0 Å². The first-order valence-corrected chi connectivity index (χ1v) is 11.8. The monoisotopic (exact) mass is 499 g/mol. The van der Waals surface area contributed by atoms with Gasteiger partial charge in [-0.05, 0) is 60.2 Å². The van der Waals surface area contributed by atoms with Gasteiger partial charge in [0.2, 0.25) is 0 Å². The van der Waals surface area contributed by atoms with Gasteiger partial charge in [0.1, 0.15) is 18.5 Å². The molecule has 0 spiro atoms. The molecule has 11 heteroatoms. The zero-order chi connectivity index (χ0) is 24.3. The van der Waals surface area contributed by atoms with E-state index in [-0.39, 0.29) is 27.7 Å². The second-order valence-electron chi connectivity index (χ2n) is 7.28. The number of hydrogen-bond acceptors (Lipinski definition) is 5. The van der Waals surface area contributed by atoms with Gasteiger partial charge in [-0.1, -0.05) is 23.7 Å². The largest absolute Gasteiger partial charge is 0.348 e. The van der Waals surface area contributed by atoms with Crippen LogP contribution >= 0.6 is 11.6 Å². The van der Waals surface area contributed by atoms with Crippen molar-refractivity contribution in [3.63, 3.8) is 0 Å². The van der Waals surface area contributed by atoms with Crippen LogP contribution in [0.15, 0.2) is 84.3 Å². The molecule has 174 valence electrons. The van der Waals surface area contributed by atoms with Crippen molar-refractivity contribution >= 4 is 33.2 Å². The van der Waals surface area contributed by atoms with Crippen molar-refractivity contribution in [3.8, 4) is 5.69 Å². The Morgan fingerprint density at radius 3 is 2.44 bits per heavy atom. The number of nitrogens with zero attached hydrogens (tertiary/aromatic N) is 4. The standard InChI is InChI=1S/C23H19ClFN5O3S/c1-29(18-8-4-17(25)5-9-18)34(32,33)20-10-11-22(24)21(12-20)23(31)27-13-16-2-6-19(7-3-16)30-15-26-14-28-30/h2-12,14-15H,13H2,1H3,(H,27,31). The maximum absolute atomic E-state index is 13.2. The summed E-state index contributed by atoms with van der Waals surface area (Å²) in [4.78, 5) is 16.6. The highest BCUT2D eigenvalue weighted by Gasteiger charge is 2.24. The Labute approximate surface area is 200 Å². The van der Waals surface area contributed by atoms with Crippen LogP contribution in [0.25, 0.3) is 5.69 Å². The van der Waals surface area contributed by atoms with Crippen molar-refractivity contribution in [1.82, 2.24) is 20.1 Å². The van der Waals surface area contributed by atoms with Crippen molar-refractivity contribution < 1.29 is 17.6 Å². The number of carbonyl (C=O) groups is 1. The Morgan fingerprint density at radius 1 is 1.09 bits per heavy atom. The summed E-state index contributed by atoms with van der Waals surface area (Å²) in [5, 5.41) is 6.92. The lowest BCUT2D eigenvalue weighted by Gasteiger charge is -2.20. The van der Waals surface area contributed by atoms with Crippen molar-refractivity contribution in [3.05, 3.63) is 101 Å². The fraction of sp³-hybridized carbons (Fsp3) is 0.0870. The summed E-state index contributed by atoms with van der Waals surface area (Å²) in [7, 11) is -2.67. The molecule has 1 amide bonds. The van der Waals surface area contributed by atoms with Crippen LogP contribution in [-0.4, -0.2) is 36.1 Å². The molecule has 0 bridgehead atoms. The van der Waals surface area contributed by atoms with E-state index in [0.29, 0.717) is 0 Å². The number of anilines is 1. The minimum atomic E-state index is -4.01. The van der Waals surface area contributed by atoms with Crippen LogP contribution in [0.4, 0.5) is 10.1 Å². The van der Waals surface area contributed by atoms with E-state index >= 15 is 0 Å². The Morgan fingerprint density at radius 2 is 1.79 bits per heavy atom. The van der Waals surface area contributed by atoms with E-state index in [0.717, 1.165) is 15.6 Å².